The molecule has 4 rings (SSSR count). The van der Waals surface area contributed by atoms with E-state index < -0.39 is 0 Å². The maximum atomic E-state index is 12.3. The van der Waals surface area contributed by atoms with Gasteiger partial charge in [0.25, 0.3) is 0 Å². The maximum absolute atomic E-state index is 12.3. The number of ether oxygens (including phenoxy) is 2. The number of benzene rings is 2. The minimum absolute atomic E-state index is 0.0576. The van der Waals surface area contributed by atoms with Gasteiger partial charge in [-0.25, -0.2) is 4.98 Å². The molecule has 0 bridgehead atoms. The van der Waals surface area contributed by atoms with Crippen LogP contribution in [-0.4, -0.2) is 25.1 Å². The van der Waals surface area contributed by atoms with Gasteiger partial charge in [0.1, 0.15) is 17.3 Å². The molecule has 0 aliphatic heterocycles. The Bertz CT molecular complexity index is 1130. The van der Waals surface area contributed by atoms with E-state index in [9.17, 15) is 4.79 Å². The van der Waals surface area contributed by atoms with Crippen LogP contribution in [0.3, 0.4) is 0 Å². The number of amides is 1. The lowest BCUT2D eigenvalue weighted by atomic mass is 10.1. The van der Waals surface area contributed by atoms with E-state index in [2.05, 4.69) is 10.3 Å². The first-order valence-electron chi connectivity index (χ1n) is 9.58. The van der Waals surface area contributed by atoms with E-state index in [1.54, 1.807) is 25.6 Å². The summed E-state index contributed by atoms with van der Waals surface area (Å²) in [7, 11) is 3.23. The number of aryl methyl sites for hydroxylation is 1. The quantitative estimate of drug-likeness (QED) is 0.441. The third-order valence-corrected chi connectivity index (χ3v) is 5.79. The Morgan fingerprint density at radius 2 is 1.97 bits per heavy atom. The monoisotopic (exact) mass is 422 g/mol. The smallest absolute Gasteiger partial charge is 0.220 e. The number of fused-ring (bicyclic) bond motifs is 1. The topological polar surface area (TPSA) is 73.6 Å². The number of aromatic nitrogens is 1. The van der Waals surface area contributed by atoms with Crippen molar-refractivity contribution >= 4 is 27.5 Å². The molecule has 7 heteroatoms. The summed E-state index contributed by atoms with van der Waals surface area (Å²) in [6.07, 6.45) is 0.899. The molecule has 2 heterocycles. The molecule has 0 aliphatic carbocycles. The van der Waals surface area contributed by atoms with Gasteiger partial charge in [0, 0.05) is 6.42 Å². The standard InChI is InChI=1S/C23H22N2O4S/c1-27-16-8-10-19(28-2)15(13-16)7-12-22(26)24-14-17-9-11-20(29-17)23-25-18-5-3-4-6-21(18)30-23/h3-6,8-11,13H,7,12,14H2,1-2H3,(H,24,26). The van der Waals surface area contributed by atoms with Crippen LogP contribution >= 0.6 is 11.3 Å². The van der Waals surface area contributed by atoms with Crippen molar-refractivity contribution in [2.24, 2.45) is 0 Å². The highest BCUT2D eigenvalue weighted by molar-refractivity contribution is 7.21. The molecule has 1 amide bonds. The Balaban J connectivity index is 1.33. The average molecular weight is 423 g/mol. The number of carbonyl (C=O) groups excluding carboxylic acids is 1. The van der Waals surface area contributed by atoms with Crippen molar-refractivity contribution in [1.29, 1.82) is 0 Å². The van der Waals surface area contributed by atoms with Crippen LogP contribution in [0.4, 0.5) is 0 Å². The second-order valence-corrected chi connectivity index (χ2v) is 7.74. The molecule has 0 atom stereocenters. The molecule has 0 unspecified atom stereocenters. The Morgan fingerprint density at radius 1 is 1.10 bits per heavy atom. The van der Waals surface area contributed by atoms with E-state index >= 15 is 0 Å². The van der Waals surface area contributed by atoms with Gasteiger partial charge in [0.2, 0.25) is 5.91 Å². The van der Waals surface area contributed by atoms with Gasteiger partial charge < -0.3 is 19.2 Å². The average Bonchev–Trinajstić information content (AvgIpc) is 3.42. The fourth-order valence-corrected chi connectivity index (χ4v) is 4.09. The van der Waals surface area contributed by atoms with Crippen LogP contribution in [0.1, 0.15) is 17.7 Å². The lowest BCUT2D eigenvalue weighted by Crippen LogP contribution is -2.22. The number of nitrogens with one attached hydrogen (secondary N) is 1. The molecule has 2 aromatic carbocycles. The van der Waals surface area contributed by atoms with Gasteiger partial charge in [-0.15, -0.1) is 11.3 Å². The number of thiazole rings is 1. The van der Waals surface area contributed by atoms with Gasteiger partial charge in [-0.2, -0.15) is 0 Å². The molecule has 0 saturated heterocycles. The van der Waals surface area contributed by atoms with Crippen molar-refractivity contribution in [2.75, 3.05) is 14.2 Å². The number of carbonyl (C=O) groups is 1. The largest absolute Gasteiger partial charge is 0.497 e. The zero-order valence-electron chi connectivity index (χ0n) is 16.8. The summed E-state index contributed by atoms with van der Waals surface area (Å²) in [6.45, 7) is 0.332. The predicted octanol–water partition coefficient (Wildman–Crippen LogP) is 4.82. The zero-order valence-corrected chi connectivity index (χ0v) is 17.6. The number of hydrogen-bond donors (Lipinski definition) is 1. The second-order valence-electron chi connectivity index (χ2n) is 6.71. The van der Waals surface area contributed by atoms with Crippen LogP contribution in [0.2, 0.25) is 0 Å². The van der Waals surface area contributed by atoms with E-state index in [-0.39, 0.29) is 5.91 Å². The molecule has 0 spiro atoms. The summed E-state index contributed by atoms with van der Waals surface area (Å²) in [5.41, 5.74) is 1.89. The molecule has 1 N–H and O–H groups in total. The highest BCUT2D eigenvalue weighted by Gasteiger charge is 2.12. The summed E-state index contributed by atoms with van der Waals surface area (Å²) in [5.74, 6) is 2.83. The Labute approximate surface area is 178 Å². The number of furan rings is 1. The maximum Gasteiger partial charge on any atom is 0.220 e. The van der Waals surface area contributed by atoms with Crippen LogP contribution in [0.15, 0.2) is 59.0 Å². The van der Waals surface area contributed by atoms with Crippen LogP contribution in [0, 0.1) is 0 Å². The van der Waals surface area contributed by atoms with Crippen molar-refractivity contribution in [2.45, 2.75) is 19.4 Å². The summed E-state index contributed by atoms with van der Waals surface area (Å²) in [6, 6.07) is 17.3. The molecular formula is C23H22N2O4S. The highest BCUT2D eigenvalue weighted by Crippen LogP contribution is 2.31. The van der Waals surface area contributed by atoms with Crippen LogP contribution in [-0.2, 0) is 17.8 Å². The first-order valence-corrected chi connectivity index (χ1v) is 10.4. The minimum Gasteiger partial charge on any atom is -0.497 e. The number of hydrogen-bond acceptors (Lipinski definition) is 6. The van der Waals surface area contributed by atoms with E-state index in [1.807, 2.05) is 54.6 Å². The Morgan fingerprint density at radius 3 is 2.77 bits per heavy atom. The van der Waals surface area contributed by atoms with E-state index in [0.29, 0.717) is 30.9 Å². The molecule has 4 aromatic rings. The van der Waals surface area contributed by atoms with Gasteiger partial charge in [-0.3, -0.25) is 4.79 Å². The summed E-state index contributed by atoms with van der Waals surface area (Å²) < 4.78 is 17.6. The van der Waals surface area contributed by atoms with Gasteiger partial charge in [0.15, 0.2) is 10.8 Å². The highest BCUT2D eigenvalue weighted by atomic mass is 32.1. The summed E-state index contributed by atoms with van der Waals surface area (Å²) >= 11 is 1.59. The van der Waals surface area contributed by atoms with Crippen molar-refractivity contribution in [3.63, 3.8) is 0 Å². The fourth-order valence-electron chi connectivity index (χ4n) is 3.17. The lowest BCUT2D eigenvalue weighted by Gasteiger charge is -2.10. The normalized spacial score (nSPS) is 10.9. The third-order valence-electron chi connectivity index (χ3n) is 4.74. The van der Waals surface area contributed by atoms with Gasteiger partial charge in [0.05, 0.1) is 31.0 Å². The molecule has 0 saturated carbocycles. The molecule has 2 aromatic heterocycles. The fraction of sp³-hybridized carbons (Fsp3) is 0.217. The van der Waals surface area contributed by atoms with E-state index in [4.69, 9.17) is 13.9 Å². The predicted molar refractivity (Wildman–Crippen MR) is 117 cm³/mol. The van der Waals surface area contributed by atoms with Crippen molar-refractivity contribution in [3.05, 3.63) is 65.9 Å². The van der Waals surface area contributed by atoms with Crippen molar-refractivity contribution in [1.82, 2.24) is 10.3 Å². The third kappa shape index (κ3) is 4.46. The van der Waals surface area contributed by atoms with Crippen LogP contribution in [0.5, 0.6) is 11.5 Å². The number of para-hydroxylation sites is 1. The Kier molecular flexibility index (Phi) is 5.99. The lowest BCUT2D eigenvalue weighted by molar-refractivity contribution is -0.121. The van der Waals surface area contributed by atoms with E-state index in [0.717, 1.165) is 32.3 Å². The number of methoxy groups -OCH3 is 2. The molecule has 0 fully saturated rings. The van der Waals surface area contributed by atoms with E-state index in [1.165, 1.54) is 0 Å². The molecule has 6 nitrogen and oxygen atoms in total. The Hall–Kier alpha value is -3.32. The molecule has 154 valence electrons. The number of rotatable bonds is 8. The SMILES string of the molecule is COc1ccc(OC)c(CCC(=O)NCc2ccc(-c3nc4ccccc4s3)o2)c1. The van der Waals surface area contributed by atoms with Gasteiger partial charge in [-0.05, 0) is 54.4 Å². The summed E-state index contributed by atoms with van der Waals surface area (Å²) in [4.78, 5) is 16.9. The molecule has 0 aliphatic rings. The van der Waals surface area contributed by atoms with Crippen molar-refractivity contribution in [3.8, 4) is 22.3 Å². The second kappa shape index (κ2) is 9.00. The first-order chi connectivity index (χ1) is 14.7. The molecular weight excluding hydrogens is 400 g/mol. The van der Waals surface area contributed by atoms with Crippen LogP contribution < -0.4 is 14.8 Å². The zero-order chi connectivity index (χ0) is 20.9. The van der Waals surface area contributed by atoms with Crippen molar-refractivity contribution < 1.29 is 18.7 Å². The van der Waals surface area contributed by atoms with Crippen LogP contribution in [0.25, 0.3) is 21.0 Å². The van der Waals surface area contributed by atoms with Gasteiger partial charge in [-0.1, -0.05) is 12.1 Å². The summed E-state index contributed by atoms with van der Waals surface area (Å²) in [5, 5.41) is 3.74. The molecule has 0 radical (unpaired) electrons. The first kappa shape index (κ1) is 20.0. The van der Waals surface area contributed by atoms with Gasteiger partial charge >= 0.3 is 0 Å². The number of nitrogens with zero attached hydrogens (tertiary/aromatic N) is 1. The molecule has 30 heavy (non-hydrogen) atoms. The minimum atomic E-state index is -0.0576.